The molecule has 2 aromatic rings. The van der Waals surface area contributed by atoms with Crippen molar-refractivity contribution in [2.24, 2.45) is 0 Å². The van der Waals surface area contributed by atoms with Crippen LogP contribution in [0.2, 0.25) is 0 Å². The summed E-state index contributed by atoms with van der Waals surface area (Å²) >= 11 is 0. The maximum absolute atomic E-state index is 12.9. The SMILES string of the molecule is CCN(CC)S(=O)(=O)c1cccc(C(=O)Nc2cc(S(=O)(=O)N(CC)CC)ccc2OC)c1. The van der Waals surface area contributed by atoms with Gasteiger partial charge in [0.25, 0.3) is 5.91 Å². The number of sulfonamides is 2. The predicted molar refractivity (Wildman–Crippen MR) is 128 cm³/mol. The first kappa shape index (κ1) is 26.8. The zero-order chi connectivity index (χ0) is 24.8. The molecule has 0 heterocycles. The second kappa shape index (κ2) is 11.1. The van der Waals surface area contributed by atoms with Gasteiger partial charge < -0.3 is 10.1 Å². The van der Waals surface area contributed by atoms with Crippen LogP contribution < -0.4 is 10.1 Å². The second-order valence-corrected chi connectivity index (χ2v) is 10.9. The minimum absolute atomic E-state index is 0.00340. The number of carbonyl (C=O) groups is 1. The number of methoxy groups -OCH3 is 1. The Hall–Kier alpha value is -2.47. The van der Waals surface area contributed by atoms with E-state index in [9.17, 15) is 21.6 Å². The Balaban J connectivity index is 2.43. The first-order chi connectivity index (χ1) is 15.6. The van der Waals surface area contributed by atoms with Crippen molar-refractivity contribution in [2.45, 2.75) is 37.5 Å². The third kappa shape index (κ3) is 5.72. The van der Waals surface area contributed by atoms with E-state index in [1.807, 2.05) is 0 Å². The highest BCUT2D eigenvalue weighted by molar-refractivity contribution is 7.89. The van der Waals surface area contributed by atoms with Gasteiger partial charge in [-0.15, -0.1) is 0 Å². The van der Waals surface area contributed by atoms with E-state index >= 15 is 0 Å². The first-order valence-corrected chi connectivity index (χ1v) is 13.5. The average Bonchev–Trinajstić information content (AvgIpc) is 2.80. The van der Waals surface area contributed by atoms with Crippen molar-refractivity contribution in [1.82, 2.24) is 8.61 Å². The molecule has 0 spiro atoms. The molecule has 33 heavy (non-hydrogen) atoms. The molecule has 1 amide bonds. The molecule has 182 valence electrons. The van der Waals surface area contributed by atoms with Gasteiger partial charge in [-0.1, -0.05) is 33.8 Å². The van der Waals surface area contributed by atoms with Crippen molar-refractivity contribution in [3.63, 3.8) is 0 Å². The van der Waals surface area contributed by atoms with Gasteiger partial charge in [0, 0.05) is 31.7 Å². The summed E-state index contributed by atoms with van der Waals surface area (Å²) < 4.78 is 59.3. The minimum Gasteiger partial charge on any atom is -0.495 e. The maximum atomic E-state index is 12.9. The van der Waals surface area contributed by atoms with Gasteiger partial charge in [0.2, 0.25) is 20.0 Å². The number of nitrogens with zero attached hydrogens (tertiary/aromatic N) is 2. The fourth-order valence-electron chi connectivity index (χ4n) is 3.36. The van der Waals surface area contributed by atoms with Gasteiger partial charge in [-0.2, -0.15) is 8.61 Å². The van der Waals surface area contributed by atoms with Gasteiger partial charge in [-0.25, -0.2) is 16.8 Å². The van der Waals surface area contributed by atoms with Gasteiger partial charge in [0.1, 0.15) is 5.75 Å². The number of benzene rings is 2. The van der Waals surface area contributed by atoms with Gasteiger partial charge in [0.05, 0.1) is 22.6 Å². The van der Waals surface area contributed by atoms with Gasteiger partial charge >= 0.3 is 0 Å². The molecule has 0 aliphatic carbocycles. The lowest BCUT2D eigenvalue weighted by molar-refractivity contribution is 0.102. The third-order valence-corrected chi connectivity index (χ3v) is 9.29. The molecule has 0 aliphatic heterocycles. The van der Waals surface area contributed by atoms with Crippen LogP contribution in [0.15, 0.2) is 52.3 Å². The Labute approximate surface area is 196 Å². The van der Waals surface area contributed by atoms with E-state index in [-0.39, 0.29) is 26.8 Å². The monoisotopic (exact) mass is 497 g/mol. The molecule has 0 aliphatic rings. The predicted octanol–water partition coefficient (Wildman–Crippen LogP) is 3.01. The van der Waals surface area contributed by atoms with Crippen LogP contribution in [-0.2, 0) is 20.0 Å². The Bertz CT molecular complexity index is 1190. The summed E-state index contributed by atoms with van der Waals surface area (Å²) in [6, 6.07) is 9.92. The summed E-state index contributed by atoms with van der Waals surface area (Å²) in [5.41, 5.74) is 0.273. The van der Waals surface area contributed by atoms with Crippen LogP contribution in [0.25, 0.3) is 0 Å². The van der Waals surface area contributed by atoms with Crippen molar-refractivity contribution in [3.05, 3.63) is 48.0 Å². The number of anilines is 1. The molecule has 0 saturated carbocycles. The number of ether oxygens (including phenoxy) is 1. The van der Waals surface area contributed by atoms with Crippen LogP contribution in [0.1, 0.15) is 38.1 Å². The average molecular weight is 498 g/mol. The molecule has 0 saturated heterocycles. The number of amides is 1. The molecular weight excluding hydrogens is 466 g/mol. The molecule has 0 fully saturated rings. The van der Waals surface area contributed by atoms with E-state index < -0.39 is 26.0 Å². The van der Waals surface area contributed by atoms with Crippen molar-refractivity contribution in [3.8, 4) is 5.75 Å². The normalized spacial score (nSPS) is 12.2. The van der Waals surface area contributed by atoms with Crippen LogP contribution >= 0.6 is 0 Å². The van der Waals surface area contributed by atoms with Gasteiger partial charge in [-0.05, 0) is 36.4 Å². The highest BCUT2D eigenvalue weighted by Gasteiger charge is 2.25. The van der Waals surface area contributed by atoms with Crippen molar-refractivity contribution in [2.75, 3.05) is 38.6 Å². The number of carbonyl (C=O) groups excluding carboxylic acids is 1. The lowest BCUT2D eigenvalue weighted by Gasteiger charge is -2.20. The van der Waals surface area contributed by atoms with E-state index in [1.165, 1.54) is 58.2 Å². The number of nitrogens with one attached hydrogen (secondary N) is 1. The van der Waals surface area contributed by atoms with Gasteiger partial charge in [-0.3, -0.25) is 4.79 Å². The Morgan fingerprint density at radius 2 is 1.33 bits per heavy atom. The topological polar surface area (TPSA) is 113 Å². The molecule has 9 nitrogen and oxygen atoms in total. The van der Waals surface area contributed by atoms with Crippen LogP contribution in [0.3, 0.4) is 0 Å². The number of hydrogen-bond acceptors (Lipinski definition) is 6. The molecule has 0 aromatic heterocycles. The third-order valence-electron chi connectivity index (χ3n) is 5.20. The van der Waals surface area contributed by atoms with E-state index in [1.54, 1.807) is 27.7 Å². The highest BCUT2D eigenvalue weighted by atomic mass is 32.2. The molecule has 0 atom stereocenters. The fourth-order valence-corrected chi connectivity index (χ4v) is 6.35. The van der Waals surface area contributed by atoms with Crippen molar-refractivity contribution >= 4 is 31.6 Å². The standard InChI is InChI=1S/C22H31N3O6S2/c1-6-24(7-2)32(27,28)18-12-10-11-17(15-18)22(26)23-20-16-19(13-14-21(20)31-5)33(29,30)25(8-3)9-4/h10-16H,6-9H2,1-5H3,(H,23,26). The summed E-state index contributed by atoms with van der Waals surface area (Å²) in [5, 5.41) is 2.65. The zero-order valence-electron chi connectivity index (χ0n) is 19.5. The summed E-state index contributed by atoms with van der Waals surface area (Å²) in [5.74, 6) is -0.323. The highest BCUT2D eigenvalue weighted by Crippen LogP contribution is 2.29. The lowest BCUT2D eigenvalue weighted by Crippen LogP contribution is -2.31. The molecular formula is C22H31N3O6S2. The number of hydrogen-bond donors (Lipinski definition) is 1. The summed E-state index contributed by atoms with van der Waals surface area (Å²) in [4.78, 5) is 13.0. The van der Waals surface area contributed by atoms with Crippen LogP contribution in [0.5, 0.6) is 5.75 Å². The largest absolute Gasteiger partial charge is 0.495 e. The Morgan fingerprint density at radius 3 is 1.82 bits per heavy atom. The quantitative estimate of drug-likeness (QED) is 0.511. The van der Waals surface area contributed by atoms with E-state index in [2.05, 4.69) is 5.32 Å². The van der Waals surface area contributed by atoms with E-state index in [0.717, 1.165) is 0 Å². The Morgan fingerprint density at radius 1 is 0.818 bits per heavy atom. The van der Waals surface area contributed by atoms with Crippen LogP contribution in [0, 0.1) is 0 Å². The minimum atomic E-state index is -3.75. The molecule has 11 heteroatoms. The van der Waals surface area contributed by atoms with E-state index in [0.29, 0.717) is 26.2 Å². The lowest BCUT2D eigenvalue weighted by atomic mass is 10.2. The summed E-state index contributed by atoms with van der Waals surface area (Å²) in [6.07, 6.45) is 0. The molecule has 2 rings (SSSR count). The molecule has 0 unspecified atom stereocenters. The Kier molecular flexibility index (Phi) is 9.01. The van der Waals surface area contributed by atoms with Crippen molar-refractivity contribution in [1.29, 1.82) is 0 Å². The molecule has 0 radical (unpaired) electrons. The zero-order valence-corrected chi connectivity index (χ0v) is 21.2. The van der Waals surface area contributed by atoms with E-state index in [4.69, 9.17) is 4.74 Å². The molecule has 2 aromatic carbocycles. The fraction of sp³-hybridized carbons (Fsp3) is 0.409. The van der Waals surface area contributed by atoms with Gasteiger partial charge in [0.15, 0.2) is 0 Å². The smallest absolute Gasteiger partial charge is 0.255 e. The summed E-state index contributed by atoms with van der Waals surface area (Å²) in [6.45, 7) is 8.19. The summed E-state index contributed by atoms with van der Waals surface area (Å²) in [7, 11) is -6.09. The maximum Gasteiger partial charge on any atom is 0.255 e. The first-order valence-electron chi connectivity index (χ1n) is 10.7. The molecule has 1 N–H and O–H groups in total. The second-order valence-electron chi connectivity index (χ2n) is 7.02. The van der Waals surface area contributed by atoms with Crippen LogP contribution in [-0.4, -0.2) is 64.6 Å². The molecule has 0 bridgehead atoms. The number of rotatable bonds is 11. The van der Waals surface area contributed by atoms with Crippen LogP contribution in [0.4, 0.5) is 5.69 Å². The van der Waals surface area contributed by atoms with Crippen molar-refractivity contribution < 1.29 is 26.4 Å².